The number of ether oxygens (including phenoxy) is 1. The van der Waals surface area contributed by atoms with Crippen molar-refractivity contribution < 1.29 is 18.7 Å². The van der Waals surface area contributed by atoms with Gasteiger partial charge in [-0.05, 0) is 37.0 Å². The number of amides is 2. The first-order valence-electron chi connectivity index (χ1n) is 9.21. The van der Waals surface area contributed by atoms with Gasteiger partial charge in [-0.1, -0.05) is 12.1 Å². The summed E-state index contributed by atoms with van der Waals surface area (Å²) in [5, 5.41) is 5.45. The van der Waals surface area contributed by atoms with Crippen molar-refractivity contribution in [1.82, 2.24) is 15.5 Å². The summed E-state index contributed by atoms with van der Waals surface area (Å²) in [6, 6.07) is 6.41. The topological polar surface area (TPSA) is 70.7 Å². The molecule has 144 valence electrons. The molecule has 1 aromatic carbocycles. The van der Waals surface area contributed by atoms with Gasteiger partial charge in [0.1, 0.15) is 5.82 Å². The SMILES string of the molecule is O=C(CCCCc1ccc(F)cc1)NCC(=O)NCCN1CCOCC1. The quantitative estimate of drug-likeness (QED) is 0.609. The summed E-state index contributed by atoms with van der Waals surface area (Å²) in [6.45, 7) is 4.66. The zero-order valence-electron chi connectivity index (χ0n) is 15.1. The van der Waals surface area contributed by atoms with Crippen LogP contribution in [-0.2, 0) is 20.7 Å². The summed E-state index contributed by atoms with van der Waals surface area (Å²) in [6.07, 6.45) is 2.80. The van der Waals surface area contributed by atoms with Gasteiger partial charge in [0.15, 0.2) is 0 Å². The Hall–Kier alpha value is -1.99. The van der Waals surface area contributed by atoms with Gasteiger partial charge in [0.2, 0.25) is 11.8 Å². The predicted octanol–water partition coefficient (Wildman–Crippen LogP) is 1.10. The molecule has 0 bridgehead atoms. The van der Waals surface area contributed by atoms with Crippen molar-refractivity contribution in [2.24, 2.45) is 0 Å². The van der Waals surface area contributed by atoms with Crippen LogP contribution in [0.15, 0.2) is 24.3 Å². The van der Waals surface area contributed by atoms with Crippen LogP contribution in [0, 0.1) is 5.82 Å². The number of unbranched alkanes of at least 4 members (excludes halogenated alkanes) is 1. The van der Waals surface area contributed by atoms with Crippen LogP contribution in [0.1, 0.15) is 24.8 Å². The normalized spacial score (nSPS) is 14.8. The van der Waals surface area contributed by atoms with Crippen LogP contribution in [0.2, 0.25) is 0 Å². The highest BCUT2D eigenvalue weighted by Crippen LogP contribution is 2.08. The number of nitrogens with one attached hydrogen (secondary N) is 2. The third-order valence-electron chi connectivity index (χ3n) is 4.33. The molecule has 0 aromatic heterocycles. The summed E-state index contributed by atoms with van der Waals surface area (Å²) in [5.74, 6) is -0.526. The van der Waals surface area contributed by atoms with Crippen LogP contribution in [-0.4, -0.2) is 62.7 Å². The minimum Gasteiger partial charge on any atom is -0.379 e. The Kier molecular flexibility index (Phi) is 9.06. The van der Waals surface area contributed by atoms with Crippen molar-refractivity contribution in [2.75, 3.05) is 45.9 Å². The monoisotopic (exact) mass is 365 g/mol. The van der Waals surface area contributed by atoms with E-state index in [-0.39, 0.29) is 24.2 Å². The van der Waals surface area contributed by atoms with E-state index in [1.165, 1.54) is 12.1 Å². The number of benzene rings is 1. The van der Waals surface area contributed by atoms with Crippen LogP contribution in [0.25, 0.3) is 0 Å². The fourth-order valence-electron chi connectivity index (χ4n) is 2.77. The maximum absolute atomic E-state index is 12.8. The molecular formula is C19H28FN3O3. The molecule has 2 rings (SSSR count). The summed E-state index contributed by atoms with van der Waals surface area (Å²) in [5.41, 5.74) is 1.06. The average Bonchev–Trinajstić information content (AvgIpc) is 2.66. The molecule has 1 aliphatic rings. The molecule has 1 aliphatic heterocycles. The minimum atomic E-state index is -0.239. The Morgan fingerprint density at radius 3 is 2.50 bits per heavy atom. The molecular weight excluding hydrogens is 337 g/mol. The van der Waals surface area contributed by atoms with Gasteiger partial charge in [-0.15, -0.1) is 0 Å². The second kappa shape index (κ2) is 11.6. The Balaban J connectivity index is 1.47. The molecule has 6 nitrogen and oxygen atoms in total. The maximum atomic E-state index is 12.8. The standard InChI is InChI=1S/C19H28FN3O3/c20-17-7-5-16(6-8-17)3-1-2-4-18(24)22-15-19(25)21-9-10-23-11-13-26-14-12-23/h5-8H,1-4,9-15H2,(H,21,25)(H,22,24). The van der Waals surface area contributed by atoms with E-state index in [2.05, 4.69) is 15.5 Å². The first-order chi connectivity index (χ1) is 12.6. The van der Waals surface area contributed by atoms with E-state index in [9.17, 15) is 14.0 Å². The molecule has 2 amide bonds. The van der Waals surface area contributed by atoms with Gasteiger partial charge in [-0.2, -0.15) is 0 Å². The third kappa shape index (κ3) is 8.40. The molecule has 1 fully saturated rings. The average molecular weight is 365 g/mol. The third-order valence-corrected chi connectivity index (χ3v) is 4.33. The largest absolute Gasteiger partial charge is 0.379 e. The summed E-state index contributed by atoms with van der Waals surface area (Å²) in [4.78, 5) is 25.7. The molecule has 0 radical (unpaired) electrons. The van der Waals surface area contributed by atoms with Crippen LogP contribution < -0.4 is 10.6 Å². The number of hydrogen-bond donors (Lipinski definition) is 2. The summed E-state index contributed by atoms with van der Waals surface area (Å²) >= 11 is 0. The van der Waals surface area contributed by atoms with Gasteiger partial charge in [0.05, 0.1) is 19.8 Å². The van der Waals surface area contributed by atoms with Crippen molar-refractivity contribution in [3.8, 4) is 0 Å². The molecule has 2 N–H and O–H groups in total. The van der Waals surface area contributed by atoms with Gasteiger partial charge in [-0.25, -0.2) is 4.39 Å². The summed E-state index contributed by atoms with van der Waals surface area (Å²) < 4.78 is 18.1. The van der Waals surface area contributed by atoms with E-state index < -0.39 is 0 Å². The number of nitrogens with zero attached hydrogens (tertiary/aromatic N) is 1. The van der Waals surface area contributed by atoms with Crippen LogP contribution >= 0.6 is 0 Å². The number of morpholine rings is 1. The summed E-state index contributed by atoms with van der Waals surface area (Å²) in [7, 11) is 0. The number of rotatable bonds is 10. The van der Waals surface area contributed by atoms with E-state index in [0.717, 1.165) is 57.7 Å². The van der Waals surface area contributed by atoms with E-state index in [4.69, 9.17) is 4.74 Å². The molecule has 0 saturated carbocycles. The highest BCUT2D eigenvalue weighted by atomic mass is 19.1. The minimum absolute atomic E-state index is 0.0138. The van der Waals surface area contributed by atoms with Crippen LogP contribution in [0.5, 0.6) is 0 Å². The van der Waals surface area contributed by atoms with Gasteiger partial charge < -0.3 is 15.4 Å². The number of carbonyl (C=O) groups excluding carboxylic acids is 2. The number of carbonyl (C=O) groups is 2. The van der Waals surface area contributed by atoms with E-state index >= 15 is 0 Å². The highest BCUT2D eigenvalue weighted by molar-refractivity contribution is 5.84. The fourth-order valence-corrected chi connectivity index (χ4v) is 2.77. The molecule has 0 atom stereocenters. The van der Waals surface area contributed by atoms with Gasteiger partial charge in [0.25, 0.3) is 0 Å². The lowest BCUT2D eigenvalue weighted by Gasteiger charge is -2.26. The second-order valence-corrected chi connectivity index (χ2v) is 6.41. The van der Waals surface area contributed by atoms with Crippen molar-refractivity contribution in [2.45, 2.75) is 25.7 Å². The van der Waals surface area contributed by atoms with E-state index in [1.54, 1.807) is 12.1 Å². The molecule has 1 saturated heterocycles. The van der Waals surface area contributed by atoms with Crippen molar-refractivity contribution >= 4 is 11.8 Å². The predicted molar refractivity (Wildman–Crippen MR) is 97.2 cm³/mol. The van der Waals surface area contributed by atoms with Gasteiger partial charge in [0, 0.05) is 32.6 Å². The lowest BCUT2D eigenvalue weighted by atomic mass is 10.1. The van der Waals surface area contributed by atoms with Crippen molar-refractivity contribution in [3.63, 3.8) is 0 Å². The van der Waals surface area contributed by atoms with Crippen molar-refractivity contribution in [1.29, 1.82) is 0 Å². The molecule has 0 spiro atoms. The number of halogens is 1. The van der Waals surface area contributed by atoms with E-state index in [1.807, 2.05) is 0 Å². The van der Waals surface area contributed by atoms with Crippen molar-refractivity contribution in [3.05, 3.63) is 35.6 Å². The Morgan fingerprint density at radius 2 is 1.77 bits per heavy atom. The lowest BCUT2D eigenvalue weighted by molar-refractivity contribution is -0.126. The second-order valence-electron chi connectivity index (χ2n) is 6.41. The lowest BCUT2D eigenvalue weighted by Crippen LogP contribution is -2.43. The molecule has 26 heavy (non-hydrogen) atoms. The molecule has 1 aromatic rings. The molecule has 1 heterocycles. The fraction of sp³-hybridized carbons (Fsp3) is 0.579. The zero-order chi connectivity index (χ0) is 18.6. The van der Waals surface area contributed by atoms with Gasteiger partial charge in [-0.3, -0.25) is 14.5 Å². The highest BCUT2D eigenvalue weighted by Gasteiger charge is 2.10. The first kappa shape index (κ1) is 20.3. The number of aryl methyl sites for hydroxylation is 1. The Labute approximate surface area is 154 Å². The van der Waals surface area contributed by atoms with Gasteiger partial charge >= 0.3 is 0 Å². The Bertz CT molecular complexity index is 560. The molecule has 0 unspecified atom stereocenters. The van der Waals surface area contributed by atoms with Crippen LogP contribution in [0.4, 0.5) is 4.39 Å². The van der Waals surface area contributed by atoms with E-state index in [0.29, 0.717) is 13.0 Å². The maximum Gasteiger partial charge on any atom is 0.239 e. The number of hydrogen-bond acceptors (Lipinski definition) is 4. The molecule has 7 heteroatoms. The zero-order valence-corrected chi connectivity index (χ0v) is 15.1. The van der Waals surface area contributed by atoms with Crippen LogP contribution in [0.3, 0.4) is 0 Å². The Morgan fingerprint density at radius 1 is 1.04 bits per heavy atom. The first-order valence-corrected chi connectivity index (χ1v) is 9.21. The molecule has 0 aliphatic carbocycles. The smallest absolute Gasteiger partial charge is 0.239 e.